The van der Waals surface area contributed by atoms with Gasteiger partial charge in [0.1, 0.15) is 5.82 Å². The molecule has 23 heavy (non-hydrogen) atoms. The smallest absolute Gasteiger partial charge is 0.234 e. The van der Waals surface area contributed by atoms with E-state index in [9.17, 15) is 14.3 Å². The molecule has 4 nitrogen and oxygen atoms in total. The highest BCUT2D eigenvalue weighted by atomic mass is 19.1. The third kappa shape index (κ3) is 6.28. The zero-order valence-corrected chi connectivity index (χ0v) is 13.6. The quantitative estimate of drug-likeness (QED) is 0.771. The van der Waals surface area contributed by atoms with E-state index in [0.29, 0.717) is 32.1 Å². The SMILES string of the molecule is O=C(CN(CCO)C1CCCCC1)NCCc1ccc(F)cc1. The Morgan fingerprint density at radius 3 is 2.57 bits per heavy atom. The minimum absolute atomic E-state index is 0.00821. The van der Waals surface area contributed by atoms with Crippen LogP contribution in [-0.4, -0.2) is 48.2 Å². The van der Waals surface area contributed by atoms with E-state index in [1.165, 1.54) is 31.4 Å². The molecule has 0 aromatic heterocycles. The number of aliphatic hydroxyl groups excluding tert-OH is 1. The van der Waals surface area contributed by atoms with Gasteiger partial charge in [-0.05, 0) is 37.0 Å². The van der Waals surface area contributed by atoms with Crippen molar-refractivity contribution in [3.8, 4) is 0 Å². The molecule has 0 heterocycles. The number of aliphatic hydroxyl groups is 1. The summed E-state index contributed by atoms with van der Waals surface area (Å²) in [5.74, 6) is -0.254. The molecule has 1 aromatic carbocycles. The summed E-state index contributed by atoms with van der Waals surface area (Å²) in [4.78, 5) is 14.2. The number of carbonyl (C=O) groups excluding carboxylic acids is 1. The van der Waals surface area contributed by atoms with Crippen molar-refractivity contribution in [1.82, 2.24) is 10.2 Å². The molecule has 0 spiro atoms. The normalized spacial score (nSPS) is 15.8. The topological polar surface area (TPSA) is 52.6 Å². The second-order valence-corrected chi connectivity index (χ2v) is 6.21. The number of hydrogen-bond acceptors (Lipinski definition) is 3. The number of nitrogens with zero attached hydrogens (tertiary/aromatic N) is 1. The average molecular weight is 322 g/mol. The molecule has 0 atom stereocenters. The van der Waals surface area contributed by atoms with E-state index in [1.54, 1.807) is 12.1 Å². The molecule has 1 amide bonds. The van der Waals surface area contributed by atoms with Crippen molar-refractivity contribution in [3.63, 3.8) is 0 Å². The number of amides is 1. The molecule has 1 aliphatic rings. The van der Waals surface area contributed by atoms with E-state index in [0.717, 1.165) is 18.4 Å². The van der Waals surface area contributed by atoms with Gasteiger partial charge >= 0.3 is 0 Å². The molecule has 0 radical (unpaired) electrons. The minimum atomic E-state index is -0.245. The summed E-state index contributed by atoms with van der Waals surface area (Å²) >= 11 is 0. The van der Waals surface area contributed by atoms with Crippen LogP contribution in [0.5, 0.6) is 0 Å². The van der Waals surface area contributed by atoms with Gasteiger partial charge in [0, 0.05) is 19.1 Å². The van der Waals surface area contributed by atoms with Gasteiger partial charge < -0.3 is 10.4 Å². The lowest BCUT2D eigenvalue weighted by molar-refractivity contribution is -0.123. The Labute approximate surface area is 137 Å². The first-order valence-electron chi connectivity index (χ1n) is 8.55. The monoisotopic (exact) mass is 322 g/mol. The maximum absolute atomic E-state index is 12.8. The van der Waals surface area contributed by atoms with Crippen molar-refractivity contribution < 1.29 is 14.3 Å². The summed E-state index contributed by atoms with van der Waals surface area (Å²) < 4.78 is 12.8. The lowest BCUT2D eigenvalue weighted by Gasteiger charge is -2.33. The van der Waals surface area contributed by atoms with Gasteiger partial charge in [0.15, 0.2) is 0 Å². The van der Waals surface area contributed by atoms with Crippen LogP contribution in [0.15, 0.2) is 24.3 Å². The molecule has 0 aliphatic heterocycles. The van der Waals surface area contributed by atoms with Crippen LogP contribution in [0.1, 0.15) is 37.7 Å². The molecule has 1 aromatic rings. The summed E-state index contributed by atoms with van der Waals surface area (Å²) in [5, 5.41) is 12.1. The fraction of sp³-hybridized carbons (Fsp3) is 0.611. The van der Waals surface area contributed by atoms with Gasteiger partial charge in [-0.2, -0.15) is 0 Å². The van der Waals surface area contributed by atoms with Gasteiger partial charge in [0.25, 0.3) is 0 Å². The van der Waals surface area contributed by atoms with Crippen molar-refractivity contribution in [2.24, 2.45) is 0 Å². The summed E-state index contributed by atoms with van der Waals surface area (Å²) in [7, 11) is 0. The van der Waals surface area contributed by atoms with Crippen LogP contribution in [0.2, 0.25) is 0 Å². The lowest BCUT2D eigenvalue weighted by Crippen LogP contribution is -2.45. The fourth-order valence-electron chi connectivity index (χ4n) is 3.20. The highest BCUT2D eigenvalue weighted by Crippen LogP contribution is 2.22. The van der Waals surface area contributed by atoms with E-state index >= 15 is 0 Å². The Kier molecular flexibility index (Phi) is 7.49. The van der Waals surface area contributed by atoms with Crippen LogP contribution in [0, 0.1) is 5.82 Å². The minimum Gasteiger partial charge on any atom is -0.395 e. The Morgan fingerprint density at radius 1 is 1.22 bits per heavy atom. The summed E-state index contributed by atoms with van der Waals surface area (Å²) in [6, 6.07) is 6.76. The van der Waals surface area contributed by atoms with Gasteiger partial charge in [-0.15, -0.1) is 0 Å². The highest BCUT2D eigenvalue weighted by molar-refractivity contribution is 5.78. The molecule has 0 bridgehead atoms. The van der Waals surface area contributed by atoms with Gasteiger partial charge in [-0.3, -0.25) is 9.69 Å². The van der Waals surface area contributed by atoms with Crippen LogP contribution < -0.4 is 5.32 Å². The van der Waals surface area contributed by atoms with Crippen LogP contribution in [0.25, 0.3) is 0 Å². The Balaban J connectivity index is 1.73. The molecule has 0 unspecified atom stereocenters. The van der Waals surface area contributed by atoms with Crippen LogP contribution >= 0.6 is 0 Å². The highest BCUT2D eigenvalue weighted by Gasteiger charge is 2.22. The van der Waals surface area contributed by atoms with E-state index in [4.69, 9.17) is 0 Å². The maximum atomic E-state index is 12.8. The number of rotatable bonds is 8. The summed E-state index contributed by atoms with van der Waals surface area (Å²) in [6.45, 7) is 1.52. The van der Waals surface area contributed by atoms with Crippen LogP contribution in [0.3, 0.4) is 0 Å². The first-order valence-corrected chi connectivity index (χ1v) is 8.55. The van der Waals surface area contributed by atoms with Crippen molar-refractivity contribution in [3.05, 3.63) is 35.6 Å². The molecular weight excluding hydrogens is 295 g/mol. The standard InChI is InChI=1S/C18H27FN2O2/c19-16-8-6-15(7-9-16)10-11-20-18(23)14-21(12-13-22)17-4-2-1-3-5-17/h6-9,17,22H,1-5,10-14H2,(H,20,23). The molecule has 1 aliphatic carbocycles. The van der Waals surface area contributed by atoms with Gasteiger partial charge in [-0.25, -0.2) is 4.39 Å². The Morgan fingerprint density at radius 2 is 1.91 bits per heavy atom. The molecule has 5 heteroatoms. The molecule has 1 saturated carbocycles. The average Bonchev–Trinajstić information content (AvgIpc) is 2.57. The predicted molar refractivity (Wildman–Crippen MR) is 88.6 cm³/mol. The van der Waals surface area contributed by atoms with E-state index in [-0.39, 0.29) is 18.3 Å². The Hall–Kier alpha value is -1.46. The van der Waals surface area contributed by atoms with Crippen molar-refractivity contribution in [1.29, 1.82) is 0 Å². The second-order valence-electron chi connectivity index (χ2n) is 6.21. The first kappa shape index (κ1) is 17.9. The van der Waals surface area contributed by atoms with Gasteiger partial charge in [-0.1, -0.05) is 31.4 Å². The predicted octanol–water partition coefficient (Wildman–Crippen LogP) is 2.11. The summed E-state index contributed by atoms with van der Waals surface area (Å²) in [6.07, 6.45) is 6.60. The second kappa shape index (κ2) is 9.63. The Bertz CT molecular complexity index is 472. The van der Waals surface area contributed by atoms with Crippen molar-refractivity contribution in [2.75, 3.05) is 26.2 Å². The fourth-order valence-corrected chi connectivity index (χ4v) is 3.20. The van der Waals surface area contributed by atoms with Gasteiger partial charge in [0.2, 0.25) is 5.91 Å². The first-order chi connectivity index (χ1) is 11.2. The van der Waals surface area contributed by atoms with E-state index < -0.39 is 0 Å². The van der Waals surface area contributed by atoms with E-state index in [2.05, 4.69) is 10.2 Å². The molecule has 128 valence electrons. The zero-order valence-electron chi connectivity index (χ0n) is 13.6. The molecule has 1 fully saturated rings. The van der Waals surface area contributed by atoms with Crippen molar-refractivity contribution in [2.45, 2.75) is 44.6 Å². The van der Waals surface area contributed by atoms with E-state index in [1.807, 2.05) is 0 Å². The molecule has 2 N–H and O–H groups in total. The number of benzene rings is 1. The largest absolute Gasteiger partial charge is 0.395 e. The maximum Gasteiger partial charge on any atom is 0.234 e. The zero-order chi connectivity index (χ0) is 16.5. The van der Waals surface area contributed by atoms with Crippen molar-refractivity contribution >= 4 is 5.91 Å². The molecule has 0 saturated heterocycles. The number of nitrogens with one attached hydrogen (secondary N) is 1. The third-order valence-corrected chi connectivity index (χ3v) is 4.47. The number of hydrogen-bond donors (Lipinski definition) is 2. The third-order valence-electron chi connectivity index (χ3n) is 4.47. The lowest BCUT2D eigenvalue weighted by atomic mass is 9.94. The number of halogens is 1. The van der Waals surface area contributed by atoms with Crippen LogP contribution in [0.4, 0.5) is 4.39 Å². The molecular formula is C18H27FN2O2. The molecule has 2 rings (SSSR count). The van der Waals surface area contributed by atoms with Crippen LogP contribution in [-0.2, 0) is 11.2 Å². The number of carbonyl (C=O) groups is 1. The summed E-state index contributed by atoms with van der Waals surface area (Å²) in [5.41, 5.74) is 1.01. The van der Waals surface area contributed by atoms with Gasteiger partial charge in [0.05, 0.1) is 13.2 Å².